The summed E-state index contributed by atoms with van der Waals surface area (Å²) < 4.78 is 2.11. The number of nitrogens with zero attached hydrogens (tertiary/aromatic N) is 2. The van der Waals surface area contributed by atoms with Gasteiger partial charge in [0.15, 0.2) is 5.96 Å². The Balaban J connectivity index is 1.79. The number of aliphatic imine (C=N–C) groups is 1. The predicted octanol–water partition coefficient (Wildman–Crippen LogP) is 2.59. The van der Waals surface area contributed by atoms with Crippen molar-refractivity contribution in [3.05, 3.63) is 54.4 Å². The van der Waals surface area contributed by atoms with E-state index in [9.17, 15) is 4.79 Å². The van der Waals surface area contributed by atoms with Crippen molar-refractivity contribution >= 4 is 17.6 Å². The Bertz CT molecular complexity index is 679. The number of nitrogens with one attached hydrogen (secondary N) is 3. The van der Waals surface area contributed by atoms with E-state index in [2.05, 4.69) is 25.5 Å². The zero-order valence-electron chi connectivity index (χ0n) is 15.0. The molecule has 0 spiro atoms. The minimum atomic E-state index is 0.0510. The van der Waals surface area contributed by atoms with Crippen LogP contribution in [0.3, 0.4) is 0 Å². The van der Waals surface area contributed by atoms with Gasteiger partial charge in [0.05, 0.1) is 0 Å². The summed E-state index contributed by atoms with van der Waals surface area (Å²) in [6.07, 6.45) is 5.46. The Kier molecular flexibility index (Phi) is 7.56. The SMILES string of the molecule is CCCC(=O)Nc1cccc(CNC(=NC)NCCn2cccc2)c1. The number of anilines is 1. The number of hydrogen-bond donors (Lipinski definition) is 3. The van der Waals surface area contributed by atoms with Crippen molar-refractivity contribution in [1.82, 2.24) is 15.2 Å². The average Bonchev–Trinajstić information content (AvgIpc) is 3.12. The monoisotopic (exact) mass is 341 g/mol. The first-order valence-corrected chi connectivity index (χ1v) is 8.65. The van der Waals surface area contributed by atoms with Crippen LogP contribution in [-0.2, 0) is 17.9 Å². The van der Waals surface area contributed by atoms with Gasteiger partial charge in [-0.2, -0.15) is 0 Å². The van der Waals surface area contributed by atoms with E-state index in [0.717, 1.165) is 36.7 Å². The minimum absolute atomic E-state index is 0.0510. The molecule has 0 aliphatic rings. The summed E-state index contributed by atoms with van der Waals surface area (Å²) in [5.41, 5.74) is 1.91. The maximum absolute atomic E-state index is 11.7. The van der Waals surface area contributed by atoms with E-state index in [1.807, 2.05) is 55.7 Å². The fraction of sp³-hybridized carbons (Fsp3) is 0.368. The van der Waals surface area contributed by atoms with Gasteiger partial charge in [-0.1, -0.05) is 19.1 Å². The van der Waals surface area contributed by atoms with Crippen LogP contribution in [0.5, 0.6) is 0 Å². The summed E-state index contributed by atoms with van der Waals surface area (Å²) in [6.45, 7) is 4.31. The molecule has 0 aliphatic carbocycles. The van der Waals surface area contributed by atoms with E-state index in [0.29, 0.717) is 13.0 Å². The van der Waals surface area contributed by atoms with Crippen LogP contribution in [0.2, 0.25) is 0 Å². The summed E-state index contributed by atoms with van der Waals surface area (Å²) in [6, 6.07) is 11.9. The Hall–Kier alpha value is -2.76. The predicted molar refractivity (Wildman–Crippen MR) is 103 cm³/mol. The van der Waals surface area contributed by atoms with Crippen molar-refractivity contribution in [3.63, 3.8) is 0 Å². The zero-order valence-corrected chi connectivity index (χ0v) is 15.0. The molecule has 0 bridgehead atoms. The number of rotatable bonds is 8. The second kappa shape index (κ2) is 10.2. The van der Waals surface area contributed by atoms with Gasteiger partial charge in [-0.3, -0.25) is 9.79 Å². The van der Waals surface area contributed by atoms with Gasteiger partial charge < -0.3 is 20.5 Å². The molecule has 25 heavy (non-hydrogen) atoms. The molecule has 0 atom stereocenters. The highest BCUT2D eigenvalue weighted by molar-refractivity contribution is 5.90. The van der Waals surface area contributed by atoms with Crippen LogP contribution in [0.4, 0.5) is 5.69 Å². The van der Waals surface area contributed by atoms with Gasteiger partial charge in [0.2, 0.25) is 5.91 Å². The van der Waals surface area contributed by atoms with E-state index in [1.54, 1.807) is 7.05 Å². The zero-order chi connectivity index (χ0) is 17.9. The highest BCUT2D eigenvalue weighted by atomic mass is 16.1. The highest BCUT2D eigenvalue weighted by Gasteiger charge is 2.03. The summed E-state index contributed by atoms with van der Waals surface area (Å²) in [7, 11) is 1.76. The smallest absolute Gasteiger partial charge is 0.224 e. The number of hydrogen-bond acceptors (Lipinski definition) is 2. The molecule has 3 N–H and O–H groups in total. The molecule has 2 rings (SSSR count). The number of benzene rings is 1. The van der Waals surface area contributed by atoms with Crippen molar-refractivity contribution in [2.24, 2.45) is 4.99 Å². The van der Waals surface area contributed by atoms with Crippen molar-refractivity contribution in [1.29, 1.82) is 0 Å². The fourth-order valence-electron chi connectivity index (χ4n) is 2.44. The van der Waals surface area contributed by atoms with Gasteiger partial charge >= 0.3 is 0 Å². The third-order valence-electron chi connectivity index (χ3n) is 3.70. The molecule has 1 heterocycles. The maximum atomic E-state index is 11.7. The first kappa shape index (κ1) is 18.6. The summed E-state index contributed by atoms with van der Waals surface area (Å²) in [4.78, 5) is 15.9. The van der Waals surface area contributed by atoms with Crippen LogP contribution < -0.4 is 16.0 Å². The molecule has 1 aromatic carbocycles. The Labute approximate surface area is 149 Å². The fourth-order valence-corrected chi connectivity index (χ4v) is 2.44. The third kappa shape index (κ3) is 6.71. The summed E-state index contributed by atoms with van der Waals surface area (Å²) in [5.74, 6) is 0.808. The quantitative estimate of drug-likeness (QED) is 0.510. The van der Waals surface area contributed by atoms with Crippen LogP contribution in [0.15, 0.2) is 53.8 Å². The average molecular weight is 341 g/mol. The molecule has 0 radical (unpaired) electrons. The van der Waals surface area contributed by atoms with Crippen LogP contribution >= 0.6 is 0 Å². The Morgan fingerprint density at radius 2 is 1.96 bits per heavy atom. The van der Waals surface area contributed by atoms with Crippen molar-refractivity contribution in [2.75, 3.05) is 18.9 Å². The topological polar surface area (TPSA) is 70.4 Å². The molecule has 0 fully saturated rings. The minimum Gasteiger partial charge on any atom is -0.355 e. The largest absolute Gasteiger partial charge is 0.355 e. The lowest BCUT2D eigenvalue weighted by molar-refractivity contribution is -0.116. The van der Waals surface area contributed by atoms with E-state index in [4.69, 9.17) is 0 Å². The van der Waals surface area contributed by atoms with Gasteiger partial charge in [-0.15, -0.1) is 0 Å². The van der Waals surface area contributed by atoms with Gasteiger partial charge in [0, 0.05) is 51.2 Å². The molecule has 0 unspecified atom stereocenters. The van der Waals surface area contributed by atoms with Gasteiger partial charge in [-0.25, -0.2) is 0 Å². The lowest BCUT2D eigenvalue weighted by Gasteiger charge is -2.13. The number of aromatic nitrogens is 1. The number of guanidine groups is 1. The molecule has 0 saturated carbocycles. The second-order valence-corrected chi connectivity index (χ2v) is 5.77. The maximum Gasteiger partial charge on any atom is 0.224 e. The molecule has 134 valence electrons. The van der Waals surface area contributed by atoms with Crippen LogP contribution in [-0.4, -0.2) is 30.0 Å². The molecule has 1 aromatic heterocycles. The van der Waals surface area contributed by atoms with Crippen LogP contribution in [0.25, 0.3) is 0 Å². The van der Waals surface area contributed by atoms with E-state index in [-0.39, 0.29) is 5.91 Å². The van der Waals surface area contributed by atoms with E-state index in [1.165, 1.54) is 0 Å². The van der Waals surface area contributed by atoms with Crippen LogP contribution in [0.1, 0.15) is 25.3 Å². The molecule has 2 aromatic rings. The highest BCUT2D eigenvalue weighted by Crippen LogP contribution is 2.11. The van der Waals surface area contributed by atoms with Crippen molar-refractivity contribution in [2.45, 2.75) is 32.9 Å². The normalized spacial score (nSPS) is 11.2. The molecular weight excluding hydrogens is 314 g/mol. The molecule has 0 aliphatic heterocycles. The van der Waals surface area contributed by atoms with E-state index >= 15 is 0 Å². The van der Waals surface area contributed by atoms with E-state index < -0.39 is 0 Å². The first-order chi connectivity index (χ1) is 12.2. The first-order valence-electron chi connectivity index (χ1n) is 8.65. The number of carbonyl (C=O) groups excluding carboxylic acids is 1. The standard InChI is InChI=1S/C19H27N5O/c1-3-7-18(25)23-17-9-6-8-16(14-17)15-22-19(20-2)21-10-13-24-11-4-5-12-24/h4-6,8-9,11-12,14H,3,7,10,13,15H2,1-2H3,(H,23,25)(H2,20,21,22). The van der Waals surface area contributed by atoms with Crippen molar-refractivity contribution in [3.8, 4) is 0 Å². The number of amides is 1. The lowest BCUT2D eigenvalue weighted by atomic mass is 10.2. The molecule has 0 saturated heterocycles. The van der Waals surface area contributed by atoms with Gasteiger partial charge in [0.25, 0.3) is 0 Å². The summed E-state index contributed by atoms with van der Waals surface area (Å²) in [5, 5.41) is 9.50. The lowest BCUT2D eigenvalue weighted by Crippen LogP contribution is -2.38. The molecule has 6 heteroatoms. The molecule has 6 nitrogen and oxygen atoms in total. The third-order valence-corrected chi connectivity index (χ3v) is 3.70. The molecular formula is C19H27N5O. The Morgan fingerprint density at radius 1 is 1.16 bits per heavy atom. The van der Waals surface area contributed by atoms with Gasteiger partial charge in [0.1, 0.15) is 0 Å². The van der Waals surface area contributed by atoms with Crippen LogP contribution in [0, 0.1) is 0 Å². The molecule has 1 amide bonds. The summed E-state index contributed by atoms with van der Waals surface area (Å²) >= 11 is 0. The number of carbonyl (C=O) groups is 1. The Morgan fingerprint density at radius 3 is 2.68 bits per heavy atom. The second-order valence-electron chi connectivity index (χ2n) is 5.77. The van der Waals surface area contributed by atoms with Gasteiger partial charge in [-0.05, 0) is 36.2 Å². The van der Waals surface area contributed by atoms with Crippen molar-refractivity contribution < 1.29 is 4.79 Å².